The highest BCUT2D eigenvalue weighted by atomic mass is 35.5. The van der Waals surface area contributed by atoms with Gasteiger partial charge in [0.05, 0.1) is 11.4 Å². The summed E-state index contributed by atoms with van der Waals surface area (Å²) >= 11 is 13.7. The van der Waals surface area contributed by atoms with E-state index >= 15 is 0 Å². The lowest BCUT2D eigenvalue weighted by atomic mass is 9.99. The van der Waals surface area contributed by atoms with E-state index in [0.29, 0.717) is 5.02 Å². The zero-order valence-electron chi connectivity index (χ0n) is 12.6. The number of fused-ring (bicyclic) bond motifs is 1. The molecule has 0 saturated carbocycles. The van der Waals surface area contributed by atoms with E-state index in [9.17, 15) is 0 Å². The fourth-order valence-corrected chi connectivity index (χ4v) is 3.89. The van der Waals surface area contributed by atoms with Crippen molar-refractivity contribution in [2.45, 2.75) is 0 Å². The number of pyridine rings is 1. The molecule has 24 heavy (non-hydrogen) atoms. The van der Waals surface area contributed by atoms with Crippen LogP contribution in [0.5, 0.6) is 5.75 Å². The minimum Gasteiger partial charge on any atom is -0.496 e. The summed E-state index contributed by atoms with van der Waals surface area (Å²) in [5, 5.41) is 3.72. The van der Waals surface area contributed by atoms with Crippen LogP contribution >= 0.6 is 34.5 Å². The van der Waals surface area contributed by atoms with Crippen LogP contribution in [0.2, 0.25) is 9.36 Å². The van der Waals surface area contributed by atoms with Crippen molar-refractivity contribution in [2.24, 2.45) is 0 Å². The molecule has 0 spiro atoms. The molecule has 0 aliphatic heterocycles. The van der Waals surface area contributed by atoms with Crippen molar-refractivity contribution >= 4 is 45.6 Å². The Balaban J connectivity index is 2.01. The molecule has 0 atom stereocenters. The molecule has 3 nitrogen and oxygen atoms in total. The van der Waals surface area contributed by atoms with Gasteiger partial charge in [-0.15, -0.1) is 11.3 Å². The molecule has 0 unspecified atom stereocenters. The van der Waals surface area contributed by atoms with E-state index in [4.69, 9.17) is 27.9 Å². The number of aromatic amines is 1. The van der Waals surface area contributed by atoms with Gasteiger partial charge in [0.2, 0.25) is 0 Å². The second kappa shape index (κ2) is 6.13. The fraction of sp³-hybridized carbons (Fsp3) is 0.0556. The number of halogens is 2. The molecule has 0 aliphatic rings. The second-order valence-corrected chi connectivity index (χ2v) is 7.25. The first-order valence-corrected chi connectivity index (χ1v) is 8.85. The molecule has 1 N–H and O–H groups in total. The fourth-order valence-electron chi connectivity index (χ4n) is 2.85. The summed E-state index contributed by atoms with van der Waals surface area (Å²) in [6, 6.07) is 9.60. The molecule has 0 fully saturated rings. The number of ether oxygens (including phenoxy) is 1. The first kappa shape index (κ1) is 15.5. The molecule has 4 aromatic rings. The number of thiophene rings is 1. The van der Waals surface area contributed by atoms with Crippen LogP contribution in [-0.4, -0.2) is 17.1 Å². The first-order chi connectivity index (χ1) is 11.7. The van der Waals surface area contributed by atoms with E-state index in [2.05, 4.69) is 9.97 Å². The monoisotopic (exact) mass is 374 g/mol. The Bertz CT molecular complexity index is 1040. The maximum atomic E-state index is 6.12. The smallest absolute Gasteiger partial charge is 0.138 e. The number of nitrogens with one attached hydrogen (secondary N) is 1. The molecule has 3 heterocycles. The van der Waals surface area contributed by atoms with Gasteiger partial charge in [-0.1, -0.05) is 23.2 Å². The number of rotatable bonds is 3. The number of hydrogen-bond donors (Lipinski definition) is 1. The predicted molar refractivity (Wildman–Crippen MR) is 101 cm³/mol. The Kier molecular flexibility index (Phi) is 3.96. The van der Waals surface area contributed by atoms with Crippen LogP contribution in [0, 0.1) is 0 Å². The maximum absolute atomic E-state index is 6.12. The maximum Gasteiger partial charge on any atom is 0.138 e. The van der Waals surface area contributed by atoms with Gasteiger partial charge >= 0.3 is 0 Å². The normalized spacial score (nSPS) is 11.1. The highest BCUT2D eigenvalue weighted by Gasteiger charge is 2.16. The van der Waals surface area contributed by atoms with E-state index in [1.54, 1.807) is 13.3 Å². The van der Waals surface area contributed by atoms with Crippen LogP contribution in [-0.2, 0) is 0 Å². The number of H-pyrrole nitrogens is 1. The Morgan fingerprint density at radius 2 is 1.96 bits per heavy atom. The zero-order chi connectivity index (χ0) is 16.7. The zero-order valence-corrected chi connectivity index (χ0v) is 15.0. The van der Waals surface area contributed by atoms with Crippen molar-refractivity contribution in [3.05, 3.63) is 57.5 Å². The Morgan fingerprint density at radius 3 is 2.71 bits per heavy atom. The minimum atomic E-state index is 0.637. The summed E-state index contributed by atoms with van der Waals surface area (Å²) in [4.78, 5) is 7.68. The molecule has 0 bridgehead atoms. The summed E-state index contributed by atoms with van der Waals surface area (Å²) in [6.07, 6.45) is 3.74. The second-order valence-electron chi connectivity index (χ2n) is 5.27. The Morgan fingerprint density at radius 1 is 1.08 bits per heavy atom. The molecule has 3 aromatic heterocycles. The molecule has 4 rings (SSSR count). The third kappa shape index (κ3) is 2.57. The number of aromatic nitrogens is 2. The van der Waals surface area contributed by atoms with Gasteiger partial charge in [0.15, 0.2) is 0 Å². The molecule has 0 radical (unpaired) electrons. The summed E-state index contributed by atoms with van der Waals surface area (Å²) in [5.41, 5.74) is 4.96. The summed E-state index contributed by atoms with van der Waals surface area (Å²) in [5.74, 6) is 0.724. The van der Waals surface area contributed by atoms with Crippen molar-refractivity contribution in [3.8, 4) is 28.0 Å². The van der Waals surface area contributed by atoms with Gasteiger partial charge in [-0.25, -0.2) is 4.98 Å². The van der Waals surface area contributed by atoms with Crippen molar-refractivity contribution in [3.63, 3.8) is 0 Å². The van der Waals surface area contributed by atoms with Crippen molar-refractivity contribution in [1.82, 2.24) is 9.97 Å². The van der Waals surface area contributed by atoms with Gasteiger partial charge < -0.3 is 9.72 Å². The lowest BCUT2D eigenvalue weighted by Crippen LogP contribution is -1.88. The largest absolute Gasteiger partial charge is 0.496 e. The molecule has 0 amide bonds. The molecule has 0 aliphatic carbocycles. The predicted octanol–water partition coefficient (Wildman–Crippen LogP) is 6.27. The molecular formula is C18H12Cl2N2OS. The first-order valence-electron chi connectivity index (χ1n) is 7.22. The molecular weight excluding hydrogens is 363 g/mol. The van der Waals surface area contributed by atoms with Gasteiger partial charge in [-0.3, -0.25) is 0 Å². The highest BCUT2D eigenvalue weighted by Crippen LogP contribution is 2.41. The summed E-state index contributed by atoms with van der Waals surface area (Å²) < 4.78 is 6.27. The van der Waals surface area contributed by atoms with Gasteiger partial charge in [0.25, 0.3) is 0 Å². The summed E-state index contributed by atoms with van der Waals surface area (Å²) in [6.45, 7) is 0. The van der Waals surface area contributed by atoms with E-state index in [-0.39, 0.29) is 0 Å². The van der Waals surface area contributed by atoms with E-state index < -0.39 is 0 Å². The van der Waals surface area contributed by atoms with Gasteiger partial charge in [0, 0.05) is 39.3 Å². The quantitative estimate of drug-likeness (QED) is 0.458. The average Bonchev–Trinajstić information content (AvgIpc) is 3.21. The minimum absolute atomic E-state index is 0.637. The Labute approximate surface area is 152 Å². The number of hydrogen-bond acceptors (Lipinski definition) is 3. The lowest BCUT2D eigenvalue weighted by Gasteiger charge is -2.09. The molecule has 0 saturated heterocycles. The highest BCUT2D eigenvalue weighted by molar-refractivity contribution is 7.14. The van der Waals surface area contributed by atoms with Crippen LogP contribution in [0.15, 0.2) is 48.1 Å². The topological polar surface area (TPSA) is 37.9 Å². The van der Waals surface area contributed by atoms with Crippen LogP contribution in [0.3, 0.4) is 0 Å². The third-order valence-electron chi connectivity index (χ3n) is 3.91. The van der Waals surface area contributed by atoms with Crippen LogP contribution in [0.1, 0.15) is 0 Å². The molecule has 120 valence electrons. The van der Waals surface area contributed by atoms with E-state index in [1.807, 2.05) is 41.9 Å². The standard InChI is InChI=1S/C18H12Cl2N2OS/c1-23-15-7-11(19)2-3-13(15)14-8-22-18-17(14)12(4-5-21-18)10-6-16(20)24-9-10/h2-9H,1H3,(H,21,22). The number of methoxy groups -OCH3 is 1. The average molecular weight is 375 g/mol. The van der Waals surface area contributed by atoms with Gasteiger partial charge in [0.1, 0.15) is 11.4 Å². The van der Waals surface area contributed by atoms with Gasteiger partial charge in [-0.2, -0.15) is 0 Å². The summed E-state index contributed by atoms with van der Waals surface area (Å²) in [7, 11) is 1.64. The SMILES string of the molecule is COc1cc(Cl)ccc1-c1c[nH]c2nccc(-c3csc(Cl)c3)c12. The molecule has 6 heteroatoms. The van der Waals surface area contributed by atoms with Crippen LogP contribution < -0.4 is 4.74 Å². The van der Waals surface area contributed by atoms with Crippen LogP contribution in [0.25, 0.3) is 33.3 Å². The van der Waals surface area contributed by atoms with Crippen molar-refractivity contribution in [2.75, 3.05) is 7.11 Å². The van der Waals surface area contributed by atoms with Gasteiger partial charge in [-0.05, 0) is 41.5 Å². The lowest BCUT2D eigenvalue weighted by molar-refractivity contribution is 0.416. The number of nitrogens with zero attached hydrogens (tertiary/aromatic N) is 1. The van der Waals surface area contributed by atoms with Crippen LogP contribution in [0.4, 0.5) is 0 Å². The number of benzene rings is 1. The van der Waals surface area contributed by atoms with Crippen molar-refractivity contribution < 1.29 is 4.74 Å². The Hall–Kier alpha value is -2.01. The van der Waals surface area contributed by atoms with Crippen molar-refractivity contribution in [1.29, 1.82) is 0 Å². The van der Waals surface area contributed by atoms with E-state index in [0.717, 1.165) is 43.4 Å². The third-order valence-corrected chi connectivity index (χ3v) is 5.23. The molecule has 1 aromatic carbocycles. The van der Waals surface area contributed by atoms with E-state index in [1.165, 1.54) is 11.3 Å².